The second-order valence-corrected chi connectivity index (χ2v) is 4.04. The molecule has 0 saturated heterocycles. The SMILES string of the molecule is C=C.C=C.CCCCCCCCCCCC(N)=O. The molecule has 0 heterocycles. The van der Waals surface area contributed by atoms with Gasteiger partial charge in [0.05, 0.1) is 0 Å². The van der Waals surface area contributed by atoms with E-state index in [-0.39, 0.29) is 5.91 Å². The first-order chi connectivity index (χ1) is 8.77. The summed E-state index contributed by atoms with van der Waals surface area (Å²) < 4.78 is 0. The van der Waals surface area contributed by atoms with Crippen LogP contribution in [0.3, 0.4) is 0 Å². The lowest BCUT2D eigenvalue weighted by molar-refractivity contribution is -0.118. The molecule has 0 aromatic heterocycles. The summed E-state index contributed by atoms with van der Waals surface area (Å²) in [4.78, 5) is 10.4. The van der Waals surface area contributed by atoms with Gasteiger partial charge in [-0.3, -0.25) is 4.79 Å². The minimum absolute atomic E-state index is 0.159. The van der Waals surface area contributed by atoms with Gasteiger partial charge in [-0.15, -0.1) is 26.3 Å². The Hall–Kier alpha value is -1.05. The quantitative estimate of drug-likeness (QED) is 0.433. The van der Waals surface area contributed by atoms with E-state index in [0.29, 0.717) is 6.42 Å². The number of carbonyl (C=O) groups is 1. The van der Waals surface area contributed by atoms with Gasteiger partial charge >= 0.3 is 0 Å². The van der Waals surface area contributed by atoms with Crippen molar-refractivity contribution < 1.29 is 4.79 Å². The van der Waals surface area contributed by atoms with Crippen LogP contribution in [0.25, 0.3) is 0 Å². The number of rotatable bonds is 10. The van der Waals surface area contributed by atoms with E-state index in [1.165, 1.54) is 44.9 Å². The van der Waals surface area contributed by atoms with E-state index in [2.05, 4.69) is 33.2 Å². The van der Waals surface area contributed by atoms with Gasteiger partial charge in [0.2, 0.25) is 5.91 Å². The van der Waals surface area contributed by atoms with Gasteiger partial charge in [0.25, 0.3) is 0 Å². The Balaban J connectivity index is -0.000000506. The lowest BCUT2D eigenvalue weighted by Gasteiger charge is -2.00. The fourth-order valence-corrected chi connectivity index (χ4v) is 1.61. The number of hydrogen-bond acceptors (Lipinski definition) is 1. The highest BCUT2D eigenvalue weighted by atomic mass is 16.1. The Kier molecular flexibility index (Phi) is 30.7. The number of amides is 1. The van der Waals surface area contributed by atoms with Gasteiger partial charge in [0.1, 0.15) is 0 Å². The van der Waals surface area contributed by atoms with E-state index in [4.69, 9.17) is 5.73 Å². The van der Waals surface area contributed by atoms with E-state index in [9.17, 15) is 4.79 Å². The van der Waals surface area contributed by atoms with Crippen molar-refractivity contribution >= 4 is 5.91 Å². The first kappa shape index (κ1) is 22.2. The number of unbranched alkanes of at least 4 members (excludes halogenated alkanes) is 8. The third kappa shape index (κ3) is 29.4. The fourth-order valence-electron chi connectivity index (χ4n) is 1.61. The topological polar surface area (TPSA) is 43.1 Å². The number of hydrogen-bond donors (Lipinski definition) is 1. The molecule has 0 aromatic carbocycles. The summed E-state index contributed by atoms with van der Waals surface area (Å²) in [6.07, 6.45) is 12.1. The molecular formula is C16H33NO. The van der Waals surface area contributed by atoms with Crippen molar-refractivity contribution in [3.05, 3.63) is 26.3 Å². The molecule has 0 bridgehead atoms. The van der Waals surface area contributed by atoms with E-state index < -0.39 is 0 Å². The smallest absolute Gasteiger partial charge is 0.217 e. The van der Waals surface area contributed by atoms with Crippen molar-refractivity contribution in [3.63, 3.8) is 0 Å². The molecular weight excluding hydrogens is 222 g/mol. The second-order valence-electron chi connectivity index (χ2n) is 4.04. The summed E-state index contributed by atoms with van der Waals surface area (Å²) in [6.45, 7) is 14.2. The van der Waals surface area contributed by atoms with Gasteiger partial charge in [-0.1, -0.05) is 58.3 Å². The summed E-state index contributed by atoms with van der Waals surface area (Å²) in [6, 6.07) is 0. The molecule has 0 aliphatic heterocycles. The largest absolute Gasteiger partial charge is 0.370 e. The van der Waals surface area contributed by atoms with Crippen LogP contribution in [0, 0.1) is 0 Å². The van der Waals surface area contributed by atoms with Crippen molar-refractivity contribution in [2.24, 2.45) is 5.73 Å². The molecule has 0 atom stereocenters. The lowest BCUT2D eigenvalue weighted by atomic mass is 10.1. The normalized spacial score (nSPS) is 8.50. The van der Waals surface area contributed by atoms with E-state index in [0.717, 1.165) is 12.8 Å². The highest BCUT2D eigenvalue weighted by Crippen LogP contribution is 2.10. The van der Waals surface area contributed by atoms with E-state index in [1.807, 2.05) is 0 Å². The minimum atomic E-state index is -0.159. The van der Waals surface area contributed by atoms with Gasteiger partial charge in [0.15, 0.2) is 0 Å². The molecule has 0 spiro atoms. The Bertz CT molecular complexity index is 155. The molecule has 2 heteroatoms. The maximum Gasteiger partial charge on any atom is 0.217 e. The molecule has 0 unspecified atom stereocenters. The summed E-state index contributed by atoms with van der Waals surface area (Å²) in [7, 11) is 0. The maximum absolute atomic E-state index is 10.4. The van der Waals surface area contributed by atoms with Crippen LogP contribution in [0.15, 0.2) is 26.3 Å². The molecule has 0 saturated carbocycles. The average molecular weight is 255 g/mol. The standard InChI is InChI=1S/C12H25NO.2C2H4/c1-2-3-4-5-6-7-8-9-10-11-12(13)14;2*1-2/h2-11H2,1H3,(H2,13,14);2*1-2H2. The van der Waals surface area contributed by atoms with Crippen LogP contribution in [-0.4, -0.2) is 5.91 Å². The zero-order valence-electron chi connectivity index (χ0n) is 12.4. The van der Waals surface area contributed by atoms with Crippen LogP contribution in [0.5, 0.6) is 0 Å². The van der Waals surface area contributed by atoms with Crippen LogP contribution in [0.4, 0.5) is 0 Å². The summed E-state index contributed by atoms with van der Waals surface area (Å²) >= 11 is 0. The van der Waals surface area contributed by atoms with E-state index in [1.54, 1.807) is 0 Å². The van der Waals surface area contributed by atoms with Crippen molar-refractivity contribution in [2.75, 3.05) is 0 Å². The molecule has 0 radical (unpaired) electrons. The molecule has 2 N–H and O–H groups in total. The summed E-state index contributed by atoms with van der Waals surface area (Å²) in [5, 5.41) is 0. The van der Waals surface area contributed by atoms with Crippen molar-refractivity contribution in [1.29, 1.82) is 0 Å². The van der Waals surface area contributed by atoms with Crippen molar-refractivity contribution in [2.45, 2.75) is 71.1 Å². The summed E-state index contributed by atoms with van der Waals surface area (Å²) in [5.74, 6) is -0.159. The van der Waals surface area contributed by atoms with Crippen LogP contribution in [-0.2, 0) is 4.79 Å². The van der Waals surface area contributed by atoms with Gasteiger partial charge in [-0.05, 0) is 6.42 Å². The molecule has 0 fully saturated rings. The fraction of sp³-hybridized carbons (Fsp3) is 0.688. The highest BCUT2D eigenvalue weighted by molar-refractivity contribution is 5.73. The zero-order valence-corrected chi connectivity index (χ0v) is 12.4. The predicted molar refractivity (Wildman–Crippen MR) is 83.5 cm³/mol. The van der Waals surface area contributed by atoms with Crippen molar-refractivity contribution in [1.82, 2.24) is 0 Å². The number of carbonyl (C=O) groups excluding carboxylic acids is 1. The van der Waals surface area contributed by atoms with Crippen LogP contribution < -0.4 is 5.73 Å². The Labute approximate surface area is 114 Å². The minimum Gasteiger partial charge on any atom is -0.370 e. The van der Waals surface area contributed by atoms with E-state index >= 15 is 0 Å². The van der Waals surface area contributed by atoms with Crippen LogP contribution in [0.1, 0.15) is 71.1 Å². The van der Waals surface area contributed by atoms with Crippen LogP contribution in [0.2, 0.25) is 0 Å². The lowest BCUT2D eigenvalue weighted by Crippen LogP contribution is -2.09. The average Bonchev–Trinajstić information content (AvgIpc) is 2.41. The second kappa shape index (κ2) is 25.0. The number of nitrogens with two attached hydrogens (primary N) is 1. The third-order valence-electron chi connectivity index (χ3n) is 2.53. The van der Waals surface area contributed by atoms with Crippen molar-refractivity contribution in [3.8, 4) is 0 Å². The molecule has 0 aromatic rings. The van der Waals surface area contributed by atoms with Crippen LogP contribution >= 0.6 is 0 Å². The molecule has 0 aliphatic rings. The Morgan fingerprint density at radius 1 is 0.778 bits per heavy atom. The molecule has 108 valence electrons. The first-order valence-electron chi connectivity index (χ1n) is 7.05. The predicted octanol–water partition coefficient (Wildman–Crippen LogP) is 5.00. The monoisotopic (exact) mass is 255 g/mol. The zero-order chi connectivity index (χ0) is 14.6. The van der Waals surface area contributed by atoms with Gasteiger partial charge in [-0.25, -0.2) is 0 Å². The maximum atomic E-state index is 10.4. The molecule has 1 amide bonds. The molecule has 0 aliphatic carbocycles. The van der Waals surface area contributed by atoms with Gasteiger partial charge in [0, 0.05) is 6.42 Å². The first-order valence-corrected chi connectivity index (χ1v) is 7.05. The third-order valence-corrected chi connectivity index (χ3v) is 2.53. The van der Waals surface area contributed by atoms with Gasteiger partial charge < -0.3 is 5.73 Å². The Morgan fingerprint density at radius 3 is 1.44 bits per heavy atom. The molecule has 0 rings (SSSR count). The Morgan fingerprint density at radius 2 is 1.11 bits per heavy atom. The highest BCUT2D eigenvalue weighted by Gasteiger charge is 1.94. The number of primary amides is 1. The molecule has 2 nitrogen and oxygen atoms in total. The summed E-state index contributed by atoms with van der Waals surface area (Å²) in [5.41, 5.74) is 5.05. The molecule has 18 heavy (non-hydrogen) atoms. The van der Waals surface area contributed by atoms with Gasteiger partial charge in [-0.2, -0.15) is 0 Å².